The molecule has 0 spiro atoms. The van der Waals surface area contributed by atoms with Crippen LogP contribution in [0.15, 0.2) is 18.2 Å². The zero-order valence-electron chi connectivity index (χ0n) is 13.3. The molecule has 5 nitrogen and oxygen atoms in total. The van der Waals surface area contributed by atoms with Gasteiger partial charge >= 0.3 is 6.16 Å². The minimum atomic E-state index is -1.33. The van der Waals surface area contributed by atoms with E-state index in [0.717, 1.165) is 29.5 Å². The van der Waals surface area contributed by atoms with Crippen molar-refractivity contribution in [2.75, 3.05) is 6.54 Å². The molecular formula is C17H23NO4. The molecule has 2 unspecified atom stereocenters. The molecule has 1 heterocycles. The van der Waals surface area contributed by atoms with Crippen molar-refractivity contribution in [1.29, 1.82) is 0 Å². The van der Waals surface area contributed by atoms with E-state index in [4.69, 9.17) is 9.84 Å². The zero-order chi connectivity index (χ0) is 16.3. The van der Waals surface area contributed by atoms with Gasteiger partial charge in [-0.1, -0.05) is 25.1 Å². The van der Waals surface area contributed by atoms with Gasteiger partial charge in [0.25, 0.3) is 0 Å². The van der Waals surface area contributed by atoms with Gasteiger partial charge in [-0.2, -0.15) is 0 Å². The van der Waals surface area contributed by atoms with Crippen LogP contribution in [0.5, 0.6) is 0 Å². The minimum absolute atomic E-state index is 0.0202. The molecule has 0 aromatic heterocycles. The Bertz CT molecular complexity index is 550. The number of hydrogen-bond acceptors (Lipinski definition) is 3. The Morgan fingerprint density at radius 2 is 1.95 bits per heavy atom. The predicted molar refractivity (Wildman–Crippen MR) is 82.6 cm³/mol. The molecule has 2 atom stereocenters. The second-order valence-electron chi connectivity index (χ2n) is 6.03. The highest BCUT2D eigenvalue weighted by Gasteiger charge is 2.34. The van der Waals surface area contributed by atoms with Gasteiger partial charge in [0.05, 0.1) is 6.42 Å². The van der Waals surface area contributed by atoms with Crippen LogP contribution >= 0.6 is 0 Å². The first-order valence-electron chi connectivity index (χ1n) is 7.64. The van der Waals surface area contributed by atoms with Crippen LogP contribution in [0, 0.1) is 19.8 Å². The number of carbonyl (C=O) groups excluding carboxylic acids is 1. The Morgan fingerprint density at radius 3 is 2.55 bits per heavy atom. The average molecular weight is 305 g/mol. The molecule has 1 aliphatic heterocycles. The van der Waals surface area contributed by atoms with E-state index < -0.39 is 12.4 Å². The molecule has 0 bridgehead atoms. The normalized spacial score (nSPS) is 21.5. The van der Waals surface area contributed by atoms with Gasteiger partial charge in [0.15, 0.2) is 6.23 Å². The lowest BCUT2D eigenvalue weighted by atomic mass is 9.95. The maximum atomic E-state index is 12.7. The van der Waals surface area contributed by atoms with Crippen molar-refractivity contribution >= 4 is 12.1 Å². The molecule has 1 aliphatic rings. The molecule has 22 heavy (non-hydrogen) atoms. The number of piperidine rings is 1. The van der Waals surface area contributed by atoms with Crippen molar-refractivity contribution in [2.45, 2.75) is 46.3 Å². The van der Waals surface area contributed by atoms with Gasteiger partial charge in [0.1, 0.15) is 0 Å². The summed E-state index contributed by atoms with van der Waals surface area (Å²) in [4.78, 5) is 25.1. The predicted octanol–water partition coefficient (Wildman–Crippen LogP) is 3.13. The molecular weight excluding hydrogens is 282 g/mol. The first-order chi connectivity index (χ1) is 10.4. The highest BCUT2D eigenvalue weighted by molar-refractivity contribution is 5.80. The summed E-state index contributed by atoms with van der Waals surface area (Å²) in [5.74, 6) is -0.0537. The molecule has 1 N–H and O–H groups in total. The Balaban J connectivity index is 2.17. The van der Waals surface area contributed by atoms with Crippen molar-refractivity contribution in [2.24, 2.45) is 5.92 Å². The van der Waals surface area contributed by atoms with Gasteiger partial charge in [-0.05, 0) is 43.4 Å². The highest BCUT2D eigenvalue weighted by Crippen LogP contribution is 2.26. The quantitative estimate of drug-likeness (QED) is 0.871. The van der Waals surface area contributed by atoms with Crippen molar-refractivity contribution in [1.82, 2.24) is 4.90 Å². The van der Waals surface area contributed by atoms with Gasteiger partial charge in [0, 0.05) is 12.5 Å². The molecule has 1 saturated heterocycles. The Kier molecular flexibility index (Phi) is 5.06. The largest absolute Gasteiger partial charge is 0.507 e. The molecule has 1 aromatic rings. The lowest BCUT2D eigenvalue weighted by molar-refractivity contribution is -0.150. The third kappa shape index (κ3) is 3.59. The number of carboxylic acid groups (broad SMARTS) is 1. The Morgan fingerprint density at radius 1 is 1.32 bits per heavy atom. The van der Waals surface area contributed by atoms with Crippen LogP contribution in [0.3, 0.4) is 0 Å². The Labute approximate surface area is 130 Å². The molecule has 5 heteroatoms. The summed E-state index contributed by atoms with van der Waals surface area (Å²) in [6, 6.07) is 5.94. The van der Waals surface area contributed by atoms with Crippen LogP contribution in [0.4, 0.5) is 4.79 Å². The van der Waals surface area contributed by atoms with Gasteiger partial charge in [-0.25, -0.2) is 4.79 Å². The summed E-state index contributed by atoms with van der Waals surface area (Å²) in [5, 5.41) is 8.90. The maximum Gasteiger partial charge on any atom is 0.507 e. The van der Waals surface area contributed by atoms with Crippen LogP contribution in [0.1, 0.15) is 36.5 Å². The van der Waals surface area contributed by atoms with Crippen LogP contribution < -0.4 is 0 Å². The summed E-state index contributed by atoms with van der Waals surface area (Å²) >= 11 is 0. The molecule has 0 aliphatic carbocycles. The molecule has 120 valence electrons. The molecule has 1 amide bonds. The standard InChI is InChI=1S/C17H23NO4/c1-11-6-4-7-12(2)14(11)10-15(19)18-9-5-8-13(3)16(18)22-17(20)21/h4,6-7,13,16H,5,8-10H2,1-3H3,(H,20,21). The number of hydrogen-bond donors (Lipinski definition) is 1. The lowest BCUT2D eigenvalue weighted by Gasteiger charge is -2.38. The summed E-state index contributed by atoms with van der Waals surface area (Å²) in [6.45, 7) is 6.44. The molecule has 1 fully saturated rings. The van der Waals surface area contributed by atoms with Gasteiger partial charge < -0.3 is 14.7 Å². The number of nitrogens with zero attached hydrogens (tertiary/aromatic N) is 1. The van der Waals surface area contributed by atoms with Crippen LogP contribution in [-0.4, -0.2) is 34.8 Å². The summed E-state index contributed by atoms with van der Waals surface area (Å²) in [5.41, 5.74) is 3.17. The summed E-state index contributed by atoms with van der Waals surface area (Å²) in [7, 11) is 0. The van der Waals surface area contributed by atoms with E-state index >= 15 is 0 Å². The number of rotatable bonds is 3. The number of likely N-dealkylation sites (tertiary alicyclic amines) is 1. The van der Waals surface area contributed by atoms with E-state index in [1.807, 2.05) is 39.0 Å². The van der Waals surface area contributed by atoms with Crippen LogP contribution in [-0.2, 0) is 16.0 Å². The topological polar surface area (TPSA) is 66.8 Å². The van der Waals surface area contributed by atoms with Gasteiger partial charge in [0.2, 0.25) is 5.91 Å². The van der Waals surface area contributed by atoms with Crippen molar-refractivity contribution in [3.8, 4) is 0 Å². The van der Waals surface area contributed by atoms with Crippen molar-refractivity contribution < 1.29 is 19.4 Å². The zero-order valence-corrected chi connectivity index (χ0v) is 13.3. The molecule has 2 rings (SSSR count). The fraction of sp³-hybridized carbons (Fsp3) is 0.529. The molecule has 0 saturated carbocycles. The van der Waals surface area contributed by atoms with E-state index in [2.05, 4.69) is 0 Å². The third-order valence-electron chi connectivity index (χ3n) is 4.37. The van der Waals surface area contributed by atoms with Crippen molar-refractivity contribution in [3.05, 3.63) is 34.9 Å². The van der Waals surface area contributed by atoms with Crippen LogP contribution in [0.25, 0.3) is 0 Å². The monoisotopic (exact) mass is 305 g/mol. The summed E-state index contributed by atoms with van der Waals surface area (Å²) in [6.07, 6.45) is 0.0151. The first-order valence-corrected chi connectivity index (χ1v) is 7.64. The van der Waals surface area contributed by atoms with Crippen molar-refractivity contribution in [3.63, 3.8) is 0 Å². The third-order valence-corrected chi connectivity index (χ3v) is 4.37. The summed E-state index contributed by atoms with van der Waals surface area (Å²) < 4.78 is 4.96. The number of ether oxygens (including phenoxy) is 1. The van der Waals surface area contributed by atoms with Crippen LogP contribution in [0.2, 0.25) is 0 Å². The van der Waals surface area contributed by atoms with E-state index in [0.29, 0.717) is 6.54 Å². The second-order valence-corrected chi connectivity index (χ2v) is 6.03. The van der Waals surface area contributed by atoms with Gasteiger partial charge in [-0.15, -0.1) is 0 Å². The highest BCUT2D eigenvalue weighted by atomic mass is 16.7. The van der Waals surface area contributed by atoms with E-state index in [9.17, 15) is 9.59 Å². The SMILES string of the molecule is Cc1cccc(C)c1CC(=O)N1CCCC(C)C1OC(=O)O. The fourth-order valence-corrected chi connectivity index (χ4v) is 3.09. The lowest BCUT2D eigenvalue weighted by Crippen LogP contribution is -2.50. The number of aryl methyl sites for hydroxylation is 2. The number of carbonyl (C=O) groups is 2. The maximum absolute atomic E-state index is 12.7. The van der Waals surface area contributed by atoms with E-state index in [1.165, 1.54) is 0 Å². The second kappa shape index (κ2) is 6.81. The number of amides is 1. The molecule has 1 aromatic carbocycles. The molecule has 0 radical (unpaired) electrons. The Hall–Kier alpha value is -2.04. The first kappa shape index (κ1) is 16.3. The average Bonchev–Trinajstić information content (AvgIpc) is 2.44. The minimum Gasteiger partial charge on any atom is -0.450 e. The van der Waals surface area contributed by atoms with E-state index in [1.54, 1.807) is 4.90 Å². The van der Waals surface area contributed by atoms with E-state index in [-0.39, 0.29) is 18.2 Å². The van der Waals surface area contributed by atoms with Gasteiger partial charge in [-0.3, -0.25) is 4.79 Å². The fourth-order valence-electron chi connectivity index (χ4n) is 3.09. The number of benzene rings is 1. The smallest absolute Gasteiger partial charge is 0.450 e.